The summed E-state index contributed by atoms with van der Waals surface area (Å²) >= 11 is 0. The van der Waals surface area contributed by atoms with Crippen LogP contribution in [0.4, 0.5) is 0 Å². The predicted octanol–water partition coefficient (Wildman–Crippen LogP) is 23.0. The molecule has 0 aromatic carbocycles. The van der Waals surface area contributed by atoms with Gasteiger partial charge < -0.3 is 19.3 Å². The van der Waals surface area contributed by atoms with E-state index in [-0.39, 0.29) is 19.8 Å². The first-order valence-electron chi connectivity index (χ1n) is 36.5. The Labute approximate surface area is 510 Å². The molecular formula is C74H142O8. The Morgan fingerprint density at radius 2 is 0.488 bits per heavy atom. The van der Waals surface area contributed by atoms with E-state index in [1.807, 2.05) is 0 Å². The van der Waals surface area contributed by atoms with Crippen LogP contribution in [0.2, 0.25) is 0 Å². The maximum absolute atomic E-state index is 13.7. The van der Waals surface area contributed by atoms with E-state index in [1.165, 1.54) is 270 Å². The summed E-state index contributed by atoms with van der Waals surface area (Å²) in [5, 5.41) is 12.0. The van der Waals surface area contributed by atoms with Crippen LogP contribution in [0, 0.1) is 23.7 Å². The number of unbranched alkanes of at least 4 members (excludes halogenated alkanes) is 48. The van der Waals surface area contributed by atoms with E-state index in [2.05, 4.69) is 41.5 Å². The van der Waals surface area contributed by atoms with E-state index in [0.717, 1.165) is 82.5 Å². The third kappa shape index (κ3) is 54.7. The molecule has 0 aliphatic heterocycles. The summed E-state index contributed by atoms with van der Waals surface area (Å²) in [6, 6.07) is 0. The lowest BCUT2D eigenvalue weighted by Gasteiger charge is -2.30. The van der Waals surface area contributed by atoms with Crippen LogP contribution in [0.5, 0.6) is 0 Å². The fraction of sp³-hybridized carbons (Fsp3) is 0.946. The molecule has 0 saturated heterocycles. The zero-order valence-electron chi connectivity index (χ0n) is 56.1. The van der Waals surface area contributed by atoms with Gasteiger partial charge in [-0.1, -0.05) is 369 Å². The summed E-state index contributed by atoms with van der Waals surface area (Å²) in [5.74, 6) is -3.09. The average Bonchev–Trinajstić information content (AvgIpc) is 3.63. The average molecular weight is 1160 g/mol. The highest BCUT2D eigenvalue weighted by Crippen LogP contribution is 2.29. The lowest BCUT2D eigenvalue weighted by atomic mass is 9.81. The first-order valence-corrected chi connectivity index (χ1v) is 36.5. The molecule has 0 aliphatic carbocycles. The van der Waals surface area contributed by atoms with Crippen LogP contribution < -0.4 is 0 Å². The molecule has 0 aliphatic rings. The van der Waals surface area contributed by atoms with Crippen molar-refractivity contribution in [3.63, 3.8) is 0 Å². The number of Topliss-reactive ketones (excluding diaryl/α,β-unsaturated/α-hetero) is 1. The maximum atomic E-state index is 13.7. The number of rotatable bonds is 66. The molecule has 0 amide bonds. The van der Waals surface area contributed by atoms with Crippen molar-refractivity contribution in [2.75, 3.05) is 19.8 Å². The van der Waals surface area contributed by atoms with Gasteiger partial charge in [0, 0.05) is 0 Å². The molecule has 0 saturated carbocycles. The van der Waals surface area contributed by atoms with Crippen molar-refractivity contribution < 1.29 is 38.5 Å². The van der Waals surface area contributed by atoms with Gasteiger partial charge in [-0.05, 0) is 43.9 Å². The number of esters is 3. The van der Waals surface area contributed by atoms with E-state index in [0.29, 0.717) is 19.3 Å². The first kappa shape index (κ1) is 80.0. The van der Waals surface area contributed by atoms with Gasteiger partial charge in [-0.3, -0.25) is 14.4 Å². The number of carbonyl (C=O) groups excluding carboxylic acids is 4. The number of aliphatic hydroxyl groups is 1. The van der Waals surface area contributed by atoms with Crippen molar-refractivity contribution >= 4 is 23.7 Å². The predicted molar refractivity (Wildman–Crippen MR) is 350 cm³/mol. The third-order valence-corrected chi connectivity index (χ3v) is 17.4. The van der Waals surface area contributed by atoms with Gasteiger partial charge in [0.25, 0.3) is 0 Å². The number of ether oxygens (including phenoxy) is 3. The van der Waals surface area contributed by atoms with Crippen LogP contribution in [-0.4, -0.2) is 54.2 Å². The molecule has 1 N–H and O–H groups in total. The molecule has 82 heavy (non-hydrogen) atoms. The van der Waals surface area contributed by atoms with Crippen molar-refractivity contribution in [3.8, 4) is 0 Å². The van der Waals surface area contributed by atoms with Crippen molar-refractivity contribution in [1.29, 1.82) is 0 Å². The van der Waals surface area contributed by atoms with Gasteiger partial charge in [0.15, 0.2) is 11.5 Å². The molecule has 0 aromatic heterocycles. The van der Waals surface area contributed by atoms with Crippen molar-refractivity contribution in [3.05, 3.63) is 0 Å². The highest BCUT2D eigenvalue weighted by atomic mass is 16.6. The van der Waals surface area contributed by atoms with Crippen LogP contribution in [0.25, 0.3) is 0 Å². The number of carbonyl (C=O) groups is 4. The zero-order valence-corrected chi connectivity index (χ0v) is 56.1. The van der Waals surface area contributed by atoms with Crippen molar-refractivity contribution in [1.82, 2.24) is 0 Å². The second-order valence-electron chi connectivity index (χ2n) is 27.2. The van der Waals surface area contributed by atoms with E-state index < -0.39 is 41.6 Å². The monoisotopic (exact) mass is 1160 g/mol. The Hall–Kier alpha value is -1.96. The molecule has 8 nitrogen and oxygen atoms in total. The molecule has 2 unspecified atom stereocenters. The van der Waals surface area contributed by atoms with Gasteiger partial charge in [0.2, 0.25) is 0 Å². The van der Waals surface area contributed by atoms with E-state index >= 15 is 0 Å². The molecule has 0 radical (unpaired) electrons. The lowest BCUT2D eigenvalue weighted by Crippen LogP contribution is -2.55. The topological polar surface area (TPSA) is 116 Å². The standard InChI is InChI=1S/C74H142O8/c1-66(2)59-53-47-41-35-29-23-17-11-8-14-20-26-32-38-44-50-56-62-80-70(76)65-74(79,73(78)82-64-58-52-46-40-34-28-22-16-10-13-19-25-31-37-43-49-55-61-68(5)6)71(69(7)75)72(77)81-63-57-51-45-39-33-27-21-15-9-12-18-24-30-36-42-48-54-60-67(3)4/h66-68,71,79H,8-65H2,1-7H3. The summed E-state index contributed by atoms with van der Waals surface area (Å²) in [4.78, 5) is 53.7. The van der Waals surface area contributed by atoms with Gasteiger partial charge in [0.1, 0.15) is 5.78 Å². The van der Waals surface area contributed by atoms with E-state index in [9.17, 15) is 24.3 Å². The maximum Gasteiger partial charge on any atom is 0.340 e. The number of ketones is 1. The highest BCUT2D eigenvalue weighted by molar-refractivity contribution is 6.05. The van der Waals surface area contributed by atoms with Crippen LogP contribution in [0.1, 0.15) is 402 Å². The fourth-order valence-electron chi connectivity index (χ4n) is 11.9. The van der Waals surface area contributed by atoms with Gasteiger partial charge in [-0.25, -0.2) is 4.79 Å². The quantitative estimate of drug-likeness (QED) is 0.0277. The first-order chi connectivity index (χ1) is 39.8. The molecule has 0 spiro atoms. The number of hydrogen-bond donors (Lipinski definition) is 1. The van der Waals surface area contributed by atoms with E-state index in [4.69, 9.17) is 14.2 Å². The molecule has 0 rings (SSSR count). The molecule has 2 atom stereocenters. The molecule has 0 heterocycles. The fourth-order valence-corrected chi connectivity index (χ4v) is 11.9. The van der Waals surface area contributed by atoms with Crippen LogP contribution in [0.3, 0.4) is 0 Å². The number of hydrogen-bond acceptors (Lipinski definition) is 8. The van der Waals surface area contributed by atoms with Gasteiger partial charge >= 0.3 is 17.9 Å². The smallest absolute Gasteiger partial charge is 0.340 e. The van der Waals surface area contributed by atoms with Crippen molar-refractivity contribution in [2.24, 2.45) is 23.7 Å². The summed E-state index contributed by atoms with van der Waals surface area (Å²) in [5.41, 5.74) is -2.72. The second-order valence-corrected chi connectivity index (χ2v) is 27.2. The second kappa shape index (κ2) is 60.7. The Morgan fingerprint density at radius 1 is 0.293 bits per heavy atom. The SMILES string of the molecule is CC(=O)C(C(=O)OCCCCCCCCCCCCCCCCCCCC(C)C)C(O)(CC(=O)OCCCCCCCCCCCCCCCCCCCC(C)C)C(=O)OCCCCCCCCCCCCCCCCCCCC(C)C. The van der Waals surface area contributed by atoms with Gasteiger partial charge in [0.05, 0.1) is 26.2 Å². The summed E-state index contributed by atoms with van der Waals surface area (Å²) < 4.78 is 16.6. The lowest BCUT2D eigenvalue weighted by molar-refractivity contribution is -0.187. The normalized spacial score (nSPS) is 12.9. The van der Waals surface area contributed by atoms with E-state index in [1.54, 1.807) is 0 Å². The Balaban J connectivity index is 4.69. The van der Waals surface area contributed by atoms with Gasteiger partial charge in [-0.15, -0.1) is 0 Å². The van der Waals surface area contributed by atoms with Gasteiger partial charge in [-0.2, -0.15) is 0 Å². The summed E-state index contributed by atoms with van der Waals surface area (Å²) in [6.07, 6.45) is 66.9. The van der Waals surface area contributed by atoms with Crippen molar-refractivity contribution in [2.45, 2.75) is 407 Å². The Morgan fingerprint density at radius 3 is 0.707 bits per heavy atom. The third-order valence-electron chi connectivity index (χ3n) is 17.4. The molecule has 0 bridgehead atoms. The largest absolute Gasteiger partial charge is 0.466 e. The summed E-state index contributed by atoms with van der Waals surface area (Å²) in [6.45, 7) is 15.3. The molecular weight excluding hydrogens is 1020 g/mol. The molecule has 0 fully saturated rings. The Bertz CT molecular complexity index is 1390. The Kier molecular flexibility index (Phi) is 59.3. The van der Waals surface area contributed by atoms with Crippen LogP contribution >= 0.6 is 0 Å². The molecule has 8 heteroatoms. The minimum atomic E-state index is -2.72. The van der Waals surface area contributed by atoms with Crippen LogP contribution in [0.15, 0.2) is 0 Å². The molecule has 0 aromatic rings. The highest BCUT2D eigenvalue weighted by Gasteiger charge is 2.54. The minimum Gasteiger partial charge on any atom is -0.466 e. The summed E-state index contributed by atoms with van der Waals surface area (Å²) in [7, 11) is 0. The van der Waals surface area contributed by atoms with Crippen LogP contribution in [-0.2, 0) is 33.4 Å². The minimum absolute atomic E-state index is 0.0336. The zero-order chi connectivity index (χ0) is 60.3. The molecule has 486 valence electrons.